The van der Waals surface area contributed by atoms with E-state index >= 15 is 0 Å². The second-order valence-electron chi connectivity index (χ2n) is 26.1. The number of carbonyl (C=O) groups is 1. The maximum atomic E-state index is 14.2. The average Bonchev–Trinajstić information content (AvgIpc) is 3.56. The Balaban J connectivity index is 0.904. The number of aliphatic hydroxyl groups is 12. The summed E-state index contributed by atoms with van der Waals surface area (Å²) in [5, 5.41) is 130. The molecule has 5 aliphatic heterocycles. The summed E-state index contributed by atoms with van der Waals surface area (Å²) in [5.74, 6) is 0.0118. The predicted molar refractivity (Wildman–Crippen MR) is 250 cm³/mol. The van der Waals surface area contributed by atoms with Gasteiger partial charge in [0, 0.05) is 11.3 Å². The molecule has 22 heteroatoms. The van der Waals surface area contributed by atoms with Crippen LogP contribution in [0.25, 0.3) is 0 Å². The molecule has 5 saturated heterocycles. The van der Waals surface area contributed by atoms with Gasteiger partial charge in [-0.25, -0.2) is 0 Å². The summed E-state index contributed by atoms with van der Waals surface area (Å²) in [5.41, 5.74) is -3.09. The van der Waals surface area contributed by atoms with E-state index in [2.05, 4.69) is 48.5 Å². The van der Waals surface area contributed by atoms with Gasteiger partial charge in [0.05, 0.1) is 38.6 Å². The third kappa shape index (κ3) is 8.19. The zero-order valence-corrected chi connectivity index (χ0v) is 43.6. The fourth-order valence-electron chi connectivity index (χ4n) is 17.3. The molecule has 5 heterocycles. The van der Waals surface area contributed by atoms with Crippen LogP contribution < -0.4 is 0 Å². The predicted octanol–water partition coefficient (Wildman–Crippen LogP) is -1.55. The fourth-order valence-corrected chi connectivity index (χ4v) is 17.3. The van der Waals surface area contributed by atoms with Gasteiger partial charge in [0.2, 0.25) is 0 Å². The van der Waals surface area contributed by atoms with E-state index in [1.807, 2.05) is 0 Å². The molecule has 2 bridgehead atoms. The lowest BCUT2D eigenvalue weighted by Crippen LogP contribution is -2.74. The van der Waals surface area contributed by atoms with Crippen LogP contribution in [0.15, 0.2) is 0 Å². The molecular weight excluding hydrogens is 977 g/mol. The lowest BCUT2D eigenvalue weighted by Gasteiger charge is -2.74. The zero-order valence-electron chi connectivity index (χ0n) is 43.6. The molecule has 22 nitrogen and oxygen atoms in total. The Labute approximate surface area is 431 Å². The van der Waals surface area contributed by atoms with Crippen LogP contribution in [0.2, 0.25) is 0 Å². The van der Waals surface area contributed by atoms with Crippen molar-refractivity contribution in [3.63, 3.8) is 0 Å². The minimum atomic E-state index is -1.89. The molecule has 74 heavy (non-hydrogen) atoms. The van der Waals surface area contributed by atoms with E-state index in [1.165, 1.54) is 0 Å². The highest BCUT2D eigenvalue weighted by Gasteiger charge is 2.83. The molecule has 0 aromatic heterocycles. The summed E-state index contributed by atoms with van der Waals surface area (Å²) >= 11 is 0. The first-order chi connectivity index (χ1) is 34.7. The van der Waals surface area contributed by atoms with Crippen molar-refractivity contribution in [1.29, 1.82) is 0 Å². The van der Waals surface area contributed by atoms with Gasteiger partial charge in [0.25, 0.3) is 0 Å². The number of rotatable bonds is 10. The molecule has 0 radical (unpaired) electrons. The topological polar surface area (TPSA) is 343 Å². The number of aliphatic hydroxyl groups excluding tert-OH is 12. The Morgan fingerprint density at radius 1 is 0.541 bits per heavy atom. The highest BCUT2D eigenvalue weighted by atomic mass is 16.8. The smallest absolute Gasteiger partial charge is 0.315 e. The van der Waals surface area contributed by atoms with Crippen LogP contribution in [0.1, 0.15) is 113 Å². The zero-order chi connectivity index (χ0) is 53.6. The van der Waals surface area contributed by atoms with Gasteiger partial charge in [0.1, 0.15) is 96.5 Å². The Morgan fingerprint density at radius 2 is 1.15 bits per heavy atom. The van der Waals surface area contributed by atoms with Crippen LogP contribution in [0.4, 0.5) is 0 Å². The highest BCUT2D eigenvalue weighted by molar-refractivity contribution is 5.82. The van der Waals surface area contributed by atoms with Gasteiger partial charge in [-0.05, 0) is 97.7 Å². The standard InChI is InChI=1S/C52H84O22/c1-46(2)14-15-51-28(16-46)52(74-45(51)65)13-9-27-48(5)11-10-30(47(3,4)26(48)8-12-49(27,6)50(52,7)17-29(51)56)71-43-39(73-42-38(64)35(61)32(58)23(18-53)68-42)34(60)25(21-67-43)70-44-40(36(62)33(59)24(19-54)69-44)72-41-37(63)31(57)22(55)20-66-41/h22-44,53-64H,8-21H2,1-7H3/t22-,23-,24-,25+,26?,27-,28?,29-,30+,31+,32-,33-,34+,35+,36+,37-,38-,39-,40-,41+,42+,43+,44+,48+,49-,50+,51-,52+/m1/s1. The first-order valence-electron chi connectivity index (χ1n) is 27.1. The van der Waals surface area contributed by atoms with E-state index < -0.39 is 171 Å². The lowest BCUT2D eigenvalue weighted by molar-refractivity contribution is -0.392. The number of fused-ring (bicyclic) bond motifs is 4. The largest absolute Gasteiger partial charge is 0.458 e. The summed E-state index contributed by atoms with van der Waals surface area (Å²) in [7, 11) is 0. The van der Waals surface area contributed by atoms with Crippen molar-refractivity contribution in [3.8, 4) is 0 Å². The molecule has 424 valence electrons. The van der Waals surface area contributed by atoms with E-state index in [0.29, 0.717) is 19.3 Å². The summed E-state index contributed by atoms with van der Waals surface area (Å²) in [6, 6.07) is 0. The maximum absolute atomic E-state index is 14.2. The van der Waals surface area contributed by atoms with Crippen molar-refractivity contribution in [2.75, 3.05) is 26.4 Å². The van der Waals surface area contributed by atoms with E-state index in [0.717, 1.165) is 44.9 Å². The van der Waals surface area contributed by atoms with E-state index in [9.17, 15) is 66.1 Å². The Kier molecular flexibility index (Phi) is 14.7. The Bertz CT molecular complexity index is 2050. The quantitative estimate of drug-likeness (QED) is 0.0871. The van der Waals surface area contributed by atoms with Crippen LogP contribution >= 0.6 is 0 Å². The molecular formula is C52H84O22. The molecule has 2 unspecified atom stereocenters. The minimum absolute atomic E-state index is 0.00950. The van der Waals surface area contributed by atoms with Gasteiger partial charge >= 0.3 is 5.97 Å². The van der Waals surface area contributed by atoms with Crippen LogP contribution in [-0.2, 0) is 47.4 Å². The van der Waals surface area contributed by atoms with Gasteiger partial charge in [-0.2, -0.15) is 0 Å². The van der Waals surface area contributed by atoms with Crippen molar-refractivity contribution in [2.24, 2.45) is 50.2 Å². The van der Waals surface area contributed by atoms with Gasteiger partial charge in [-0.1, -0.05) is 48.5 Å². The van der Waals surface area contributed by atoms with Gasteiger partial charge < -0.3 is 104 Å². The van der Waals surface area contributed by atoms with Crippen molar-refractivity contribution in [3.05, 3.63) is 0 Å². The molecule has 0 aromatic carbocycles. The van der Waals surface area contributed by atoms with Gasteiger partial charge in [-0.3, -0.25) is 4.79 Å². The van der Waals surface area contributed by atoms with Crippen molar-refractivity contribution < 1.29 is 109 Å². The van der Waals surface area contributed by atoms with Crippen molar-refractivity contribution in [1.82, 2.24) is 0 Å². The number of hydrogen-bond acceptors (Lipinski definition) is 22. The molecule has 0 aromatic rings. The monoisotopic (exact) mass is 1060 g/mol. The number of hydrogen-bond donors (Lipinski definition) is 12. The SMILES string of the molecule is CC1(C)CC[C@]23C(=O)O[C@@]4(CC[C@@H]5[C@@]6(C)CC[C@H](O[C@@H]7OC[C@H](O[C@@H]8O[C@H](CO)[C@@H](O)[C@H](O)[C@H]8O[C@@H]8OC[C@@H](O)[C@H](O)[C@H]8O)[C@H](O)[C@H]7O[C@@H]7O[C@H](CO)[C@@H](O)[C@H](O)[C@H]7O)C(C)(C)C6CC[C@@]5(C)[C@]4(C)C[C@H]2O)C3C1. The first kappa shape index (κ1) is 56.0. The summed E-state index contributed by atoms with van der Waals surface area (Å²) < 4.78 is 55.5. The molecule has 28 atom stereocenters. The Hall–Kier alpha value is -1.33. The highest BCUT2D eigenvalue weighted by Crippen LogP contribution is 2.81. The van der Waals surface area contributed by atoms with Crippen molar-refractivity contribution >= 4 is 5.97 Å². The van der Waals surface area contributed by atoms with Crippen LogP contribution in [0.3, 0.4) is 0 Å². The second kappa shape index (κ2) is 19.4. The number of esters is 1. The lowest BCUT2D eigenvalue weighted by atomic mass is 9.30. The van der Waals surface area contributed by atoms with E-state index in [4.69, 9.17) is 42.6 Å². The van der Waals surface area contributed by atoms with Crippen LogP contribution in [0, 0.1) is 50.2 Å². The summed E-state index contributed by atoms with van der Waals surface area (Å²) in [4.78, 5) is 14.2. The number of ether oxygens (including phenoxy) is 9. The molecule has 1 spiro atoms. The average molecular weight is 1060 g/mol. The number of carbonyl (C=O) groups excluding carboxylic acids is 1. The minimum Gasteiger partial charge on any atom is -0.458 e. The molecule has 12 N–H and O–H groups in total. The molecule has 10 fully saturated rings. The fraction of sp³-hybridized carbons (Fsp3) is 0.981. The molecule has 10 rings (SSSR count). The van der Waals surface area contributed by atoms with E-state index in [-0.39, 0.29) is 40.0 Å². The van der Waals surface area contributed by atoms with Crippen LogP contribution in [-0.4, -0.2) is 222 Å². The molecule has 5 aliphatic carbocycles. The normalized spacial score (nSPS) is 56.8. The summed E-state index contributed by atoms with van der Waals surface area (Å²) in [6.07, 6.45) is -24.0. The summed E-state index contributed by atoms with van der Waals surface area (Å²) in [6.45, 7) is 13.5. The van der Waals surface area contributed by atoms with Crippen LogP contribution in [0.5, 0.6) is 0 Å². The second-order valence-corrected chi connectivity index (χ2v) is 26.1. The first-order valence-corrected chi connectivity index (χ1v) is 27.1. The van der Waals surface area contributed by atoms with E-state index in [1.54, 1.807) is 0 Å². The van der Waals surface area contributed by atoms with Crippen molar-refractivity contribution in [2.45, 2.75) is 241 Å². The molecule has 5 saturated carbocycles. The molecule has 0 amide bonds. The molecule has 10 aliphatic rings. The third-order valence-electron chi connectivity index (χ3n) is 21.7. The maximum Gasteiger partial charge on any atom is 0.315 e. The van der Waals surface area contributed by atoms with Gasteiger partial charge in [0.15, 0.2) is 25.2 Å². The third-order valence-corrected chi connectivity index (χ3v) is 21.7. The van der Waals surface area contributed by atoms with Gasteiger partial charge in [-0.15, -0.1) is 0 Å². The Morgan fingerprint density at radius 3 is 1.84 bits per heavy atom.